The molecule has 0 aliphatic rings. The molecule has 0 aliphatic carbocycles. The SMILES string of the molecule is CCCCCC/C=C\C=C/CCCCCCCC(=O)O[C@H](COC(=O)CCCCCCCCCCCCCCCCC)COP(=O)(O)OC[C@@H](O)COP(=O)(O)OC[C@@H](COC(=O)CCCCCCCCCCCC)OC(=O)CCCCCCCCCCCCCCCC. The quantitative estimate of drug-likeness (QED) is 0.0169. The smallest absolute Gasteiger partial charge is 0.462 e. The predicted octanol–water partition coefficient (Wildman–Crippen LogP) is 21.8. The van der Waals surface area contributed by atoms with Crippen LogP contribution in [-0.2, 0) is 65.4 Å². The summed E-state index contributed by atoms with van der Waals surface area (Å²) in [4.78, 5) is 72.7. The van der Waals surface area contributed by atoms with E-state index in [2.05, 4.69) is 52.0 Å². The van der Waals surface area contributed by atoms with Crippen molar-refractivity contribution in [2.24, 2.45) is 0 Å². The van der Waals surface area contributed by atoms with Crippen molar-refractivity contribution in [3.05, 3.63) is 24.3 Å². The Bertz CT molecular complexity index is 1880. The fraction of sp³-hybridized carbons (Fsp3) is 0.893. The van der Waals surface area contributed by atoms with Crippen LogP contribution in [0.2, 0.25) is 0 Å². The van der Waals surface area contributed by atoms with Crippen molar-refractivity contribution in [3.63, 3.8) is 0 Å². The van der Waals surface area contributed by atoms with E-state index >= 15 is 0 Å². The Morgan fingerprint density at radius 3 is 0.777 bits per heavy atom. The molecule has 0 fully saturated rings. The van der Waals surface area contributed by atoms with Gasteiger partial charge in [0.25, 0.3) is 0 Å². The minimum atomic E-state index is -4.96. The van der Waals surface area contributed by atoms with Gasteiger partial charge in [-0.15, -0.1) is 0 Å². The first-order valence-corrected chi connectivity index (χ1v) is 41.6. The first kappa shape index (κ1) is 91.5. The van der Waals surface area contributed by atoms with Crippen LogP contribution in [0.25, 0.3) is 0 Å². The molecule has 94 heavy (non-hydrogen) atoms. The molecule has 0 rings (SSSR count). The number of hydrogen-bond donors (Lipinski definition) is 3. The van der Waals surface area contributed by atoms with Gasteiger partial charge in [0.15, 0.2) is 12.2 Å². The molecule has 5 atom stereocenters. The minimum Gasteiger partial charge on any atom is -0.462 e. The maximum Gasteiger partial charge on any atom is 0.472 e. The highest BCUT2D eigenvalue weighted by Gasteiger charge is 2.30. The number of rotatable bonds is 74. The molecule has 0 spiro atoms. The van der Waals surface area contributed by atoms with E-state index in [1.807, 2.05) is 0 Å². The van der Waals surface area contributed by atoms with E-state index in [1.165, 1.54) is 193 Å². The molecular weight excluding hydrogens is 1230 g/mol. The monoisotopic (exact) mass is 1380 g/mol. The van der Waals surface area contributed by atoms with Crippen LogP contribution in [0.3, 0.4) is 0 Å². The molecule has 554 valence electrons. The fourth-order valence-electron chi connectivity index (χ4n) is 11.0. The van der Waals surface area contributed by atoms with Crippen molar-refractivity contribution in [2.45, 2.75) is 393 Å². The van der Waals surface area contributed by atoms with Crippen LogP contribution in [0.5, 0.6) is 0 Å². The number of unbranched alkanes of at least 4 members (excludes halogenated alkanes) is 45. The van der Waals surface area contributed by atoms with E-state index in [0.717, 1.165) is 103 Å². The second-order valence-electron chi connectivity index (χ2n) is 26.4. The molecule has 0 aromatic carbocycles. The Kier molecular flexibility index (Phi) is 67.2. The summed E-state index contributed by atoms with van der Waals surface area (Å²) < 4.78 is 68.4. The van der Waals surface area contributed by atoms with E-state index in [0.29, 0.717) is 25.7 Å². The van der Waals surface area contributed by atoms with Crippen LogP contribution < -0.4 is 0 Å². The minimum absolute atomic E-state index is 0.0860. The topological polar surface area (TPSA) is 237 Å². The van der Waals surface area contributed by atoms with Crippen LogP contribution >= 0.6 is 15.6 Å². The molecule has 17 nitrogen and oxygen atoms in total. The molecule has 0 bridgehead atoms. The van der Waals surface area contributed by atoms with E-state index in [1.54, 1.807) is 0 Å². The standard InChI is InChI=1S/C75H142O17P2/c1-5-9-13-17-21-25-29-32-35-38-40-44-48-52-56-60-73(78)86-66-71(92-75(80)62-58-54-50-46-42-39-36-33-30-26-22-18-14-10-6-2)68-90-94(83,84)88-64-69(76)63-87-93(81,82)89-67-70(65-85-72(77)59-55-51-47-43-28-24-20-16-12-8-4)91-74(79)61-57-53-49-45-41-37-34-31-27-23-19-15-11-7-3/h26,30,33,36,69-71,76H,5-25,27-29,31-32,34-35,37-68H2,1-4H3,(H,81,82)(H,83,84)/b30-26-,36-33-/t69-,70+,71+/m0/s1. The van der Waals surface area contributed by atoms with Crippen LogP contribution in [0.4, 0.5) is 0 Å². The molecule has 0 amide bonds. The van der Waals surface area contributed by atoms with Crippen LogP contribution in [-0.4, -0.2) is 96.7 Å². The van der Waals surface area contributed by atoms with Crippen molar-refractivity contribution in [1.29, 1.82) is 0 Å². The van der Waals surface area contributed by atoms with Gasteiger partial charge in [0, 0.05) is 25.7 Å². The zero-order valence-electron chi connectivity index (χ0n) is 60.4. The Labute approximate surface area is 573 Å². The molecule has 0 aromatic heterocycles. The number of esters is 4. The Morgan fingerprint density at radius 1 is 0.298 bits per heavy atom. The number of allylic oxidation sites excluding steroid dienone is 4. The fourth-order valence-corrected chi connectivity index (χ4v) is 12.6. The van der Waals surface area contributed by atoms with Gasteiger partial charge < -0.3 is 33.8 Å². The zero-order valence-corrected chi connectivity index (χ0v) is 62.2. The van der Waals surface area contributed by atoms with Gasteiger partial charge in [-0.1, -0.05) is 322 Å². The first-order chi connectivity index (χ1) is 45.7. The number of aliphatic hydroxyl groups is 1. The number of carbonyl (C=O) groups excluding carboxylic acids is 4. The van der Waals surface area contributed by atoms with Crippen molar-refractivity contribution >= 4 is 39.5 Å². The lowest BCUT2D eigenvalue weighted by molar-refractivity contribution is -0.161. The number of carbonyl (C=O) groups is 4. The molecule has 3 N–H and O–H groups in total. The van der Waals surface area contributed by atoms with Crippen molar-refractivity contribution in [2.75, 3.05) is 39.6 Å². The largest absolute Gasteiger partial charge is 0.472 e. The van der Waals surface area contributed by atoms with Gasteiger partial charge in [-0.3, -0.25) is 37.3 Å². The third kappa shape index (κ3) is 68.1. The summed E-state index contributed by atoms with van der Waals surface area (Å²) in [6, 6.07) is 0. The summed E-state index contributed by atoms with van der Waals surface area (Å²) >= 11 is 0. The van der Waals surface area contributed by atoms with Crippen LogP contribution in [0, 0.1) is 0 Å². The molecule has 0 aliphatic heterocycles. The summed E-state index contributed by atoms with van der Waals surface area (Å²) in [6.45, 7) is 4.91. The van der Waals surface area contributed by atoms with Gasteiger partial charge >= 0.3 is 39.5 Å². The van der Waals surface area contributed by atoms with Gasteiger partial charge in [-0.2, -0.15) is 0 Å². The summed E-state index contributed by atoms with van der Waals surface area (Å²) in [5, 5.41) is 10.6. The predicted molar refractivity (Wildman–Crippen MR) is 381 cm³/mol. The summed E-state index contributed by atoms with van der Waals surface area (Å²) in [5.74, 6) is -2.14. The summed E-state index contributed by atoms with van der Waals surface area (Å²) in [6.07, 6.45) is 61.6. The van der Waals surface area contributed by atoms with Crippen molar-refractivity contribution < 1.29 is 80.2 Å². The third-order valence-electron chi connectivity index (χ3n) is 17.0. The van der Waals surface area contributed by atoms with E-state index in [-0.39, 0.29) is 25.7 Å². The second-order valence-corrected chi connectivity index (χ2v) is 29.3. The number of ether oxygens (including phenoxy) is 4. The van der Waals surface area contributed by atoms with Gasteiger partial charge in [-0.05, 0) is 51.4 Å². The summed E-state index contributed by atoms with van der Waals surface area (Å²) in [5.41, 5.74) is 0. The molecule has 0 aromatic rings. The Balaban J connectivity index is 5.28. The second kappa shape index (κ2) is 69.0. The lowest BCUT2D eigenvalue weighted by atomic mass is 10.0. The van der Waals surface area contributed by atoms with E-state index < -0.39 is 97.5 Å². The number of aliphatic hydroxyl groups excluding tert-OH is 1. The normalized spacial score (nSPS) is 14.1. The lowest BCUT2D eigenvalue weighted by Gasteiger charge is -2.21. The van der Waals surface area contributed by atoms with Gasteiger partial charge in [0.1, 0.15) is 19.3 Å². The average Bonchev–Trinajstić information content (AvgIpc) is 1.71. The number of phosphoric ester groups is 2. The maximum absolute atomic E-state index is 13.1. The highest BCUT2D eigenvalue weighted by atomic mass is 31.2. The lowest BCUT2D eigenvalue weighted by Crippen LogP contribution is -2.30. The van der Waals surface area contributed by atoms with E-state index in [9.17, 15) is 43.2 Å². The van der Waals surface area contributed by atoms with Gasteiger partial charge in [0.05, 0.1) is 26.4 Å². The highest BCUT2D eigenvalue weighted by Crippen LogP contribution is 2.45. The van der Waals surface area contributed by atoms with Gasteiger partial charge in [-0.25, -0.2) is 9.13 Å². The molecule has 2 unspecified atom stereocenters. The van der Waals surface area contributed by atoms with Crippen molar-refractivity contribution in [3.8, 4) is 0 Å². The average molecular weight is 1380 g/mol. The molecule has 0 radical (unpaired) electrons. The molecule has 0 saturated carbocycles. The Hall–Kier alpha value is -2.46. The molecular formula is C75H142O17P2. The van der Waals surface area contributed by atoms with Crippen LogP contribution in [0.1, 0.15) is 374 Å². The third-order valence-corrected chi connectivity index (χ3v) is 18.9. The van der Waals surface area contributed by atoms with E-state index in [4.69, 9.17) is 37.0 Å². The molecule has 0 saturated heterocycles. The van der Waals surface area contributed by atoms with Crippen LogP contribution in [0.15, 0.2) is 24.3 Å². The summed E-state index contributed by atoms with van der Waals surface area (Å²) in [7, 11) is -9.92. The highest BCUT2D eigenvalue weighted by molar-refractivity contribution is 7.47. The maximum atomic E-state index is 13.1. The van der Waals surface area contributed by atoms with Crippen molar-refractivity contribution in [1.82, 2.24) is 0 Å². The zero-order chi connectivity index (χ0) is 69.0. The number of phosphoric acid groups is 2. The molecule has 0 heterocycles. The first-order valence-electron chi connectivity index (χ1n) is 38.6. The number of hydrogen-bond acceptors (Lipinski definition) is 15. The Morgan fingerprint density at radius 2 is 0.511 bits per heavy atom. The molecule has 19 heteroatoms. The van der Waals surface area contributed by atoms with Gasteiger partial charge in [0.2, 0.25) is 0 Å².